The largest absolute Gasteiger partial charge is 0.365 e. The van der Waals surface area contributed by atoms with Gasteiger partial charge in [-0.25, -0.2) is 4.98 Å². The molecule has 1 aliphatic rings. The number of anilines is 1. The molecule has 2 aromatic heterocycles. The van der Waals surface area contributed by atoms with Gasteiger partial charge in [-0.3, -0.25) is 14.4 Å². The number of benzene rings is 1. The van der Waals surface area contributed by atoms with Gasteiger partial charge < -0.3 is 10.6 Å². The lowest BCUT2D eigenvalue weighted by atomic mass is 10.1. The Morgan fingerprint density at radius 3 is 2.36 bits per heavy atom. The van der Waals surface area contributed by atoms with Crippen LogP contribution in [0.25, 0.3) is 0 Å². The van der Waals surface area contributed by atoms with Gasteiger partial charge in [0.05, 0.1) is 12.1 Å². The summed E-state index contributed by atoms with van der Waals surface area (Å²) in [5.74, 6) is 0.256. The zero-order valence-electron chi connectivity index (χ0n) is 15.7. The number of carbonyl (C=O) groups is 1. The fourth-order valence-electron chi connectivity index (χ4n) is 3.63. The number of aromatic nitrogens is 3. The second-order valence-corrected chi connectivity index (χ2v) is 6.97. The molecule has 0 bridgehead atoms. The van der Waals surface area contributed by atoms with Gasteiger partial charge in [0, 0.05) is 51.3 Å². The van der Waals surface area contributed by atoms with E-state index >= 15 is 0 Å². The molecule has 0 unspecified atom stereocenters. The van der Waals surface area contributed by atoms with Gasteiger partial charge >= 0.3 is 0 Å². The lowest BCUT2D eigenvalue weighted by Gasteiger charge is -2.36. The van der Waals surface area contributed by atoms with Crippen LogP contribution in [-0.2, 0) is 13.1 Å². The van der Waals surface area contributed by atoms with Gasteiger partial charge in [-0.2, -0.15) is 5.10 Å². The highest BCUT2D eigenvalue weighted by Crippen LogP contribution is 2.20. The van der Waals surface area contributed by atoms with E-state index in [0.29, 0.717) is 11.4 Å². The molecule has 3 heterocycles. The Labute approximate surface area is 164 Å². The van der Waals surface area contributed by atoms with Crippen LogP contribution < -0.4 is 10.6 Å². The number of primary amides is 1. The zero-order valence-corrected chi connectivity index (χ0v) is 15.7. The first-order valence-corrected chi connectivity index (χ1v) is 9.47. The molecule has 0 spiro atoms. The average molecular weight is 376 g/mol. The van der Waals surface area contributed by atoms with Crippen molar-refractivity contribution < 1.29 is 4.79 Å². The van der Waals surface area contributed by atoms with Crippen molar-refractivity contribution in [3.05, 3.63) is 77.7 Å². The van der Waals surface area contributed by atoms with Gasteiger partial charge in [0.15, 0.2) is 0 Å². The van der Waals surface area contributed by atoms with Crippen molar-refractivity contribution in [2.75, 3.05) is 31.1 Å². The van der Waals surface area contributed by atoms with Crippen LogP contribution >= 0.6 is 0 Å². The Balaban J connectivity index is 1.41. The van der Waals surface area contributed by atoms with Crippen LogP contribution in [0.4, 0.5) is 5.82 Å². The van der Waals surface area contributed by atoms with Crippen molar-refractivity contribution in [3.63, 3.8) is 0 Å². The number of hydrogen-bond acceptors (Lipinski definition) is 5. The number of amides is 1. The molecule has 1 aliphatic heterocycles. The Morgan fingerprint density at radius 1 is 0.929 bits per heavy atom. The molecule has 7 nitrogen and oxygen atoms in total. The third kappa shape index (κ3) is 4.04. The summed E-state index contributed by atoms with van der Waals surface area (Å²) in [7, 11) is 0. The van der Waals surface area contributed by atoms with E-state index in [1.165, 1.54) is 11.1 Å². The molecule has 1 fully saturated rings. The molecule has 0 radical (unpaired) electrons. The first-order chi connectivity index (χ1) is 13.7. The normalized spacial score (nSPS) is 14.9. The van der Waals surface area contributed by atoms with Crippen molar-refractivity contribution in [2.45, 2.75) is 13.1 Å². The summed E-state index contributed by atoms with van der Waals surface area (Å²) < 4.78 is 1.95. The second-order valence-electron chi connectivity index (χ2n) is 6.97. The van der Waals surface area contributed by atoms with Crippen molar-refractivity contribution in [3.8, 4) is 0 Å². The summed E-state index contributed by atoms with van der Waals surface area (Å²) in [6.45, 7) is 5.13. The van der Waals surface area contributed by atoms with E-state index < -0.39 is 5.91 Å². The van der Waals surface area contributed by atoms with E-state index in [9.17, 15) is 4.79 Å². The molecule has 28 heavy (non-hydrogen) atoms. The van der Waals surface area contributed by atoms with Crippen LogP contribution in [0.3, 0.4) is 0 Å². The summed E-state index contributed by atoms with van der Waals surface area (Å²) in [5.41, 5.74) is 8.59. The molecule has 4 rings (SSSR count). The summed E-state index contributed by atoms with van der Waals surface area (Å²) in [6.07, 6.45) is 5.50. The highest BCUT2D eigenvalue weighted by atomic mass is 16.1. The maximum atomic E-state index is 11.7. The lowest BCUT2D eigenvalue weighted by Crippen LogP contribution is -2.47. The number of nitrogens with zero attached hydrogens (tertiary/aromatic N) is 5. The molecule has 144 valence electrons. The molecular weight excluding hydrogens is 352 g/mol. The smallest absolute Gasteiger partial charge is 0.252 e. The summed E-state index contributed by atoms with van der Waals surface area (Å²) in [6, 6.07) is 14.0. The summed E-state index contributed by atoms with van der Waals surface area (Å²) >= 11 is 0. The monoisotopic (exact) mass is 376 g/mol. The fourth-order valence-corrected chi connectivity index (χ4v) is 3.63. The molecule has 1 amide bonds. The van der Waals surface area contributed by atoms with Crippen molar-refractivity contribution >= 4 is 11.7 Å². The van der Waals surface area contributed by atoms with E-state index in [-0.39, 0.29) is 0 Å². The highest BCUT2D eigenvalue weighted by Gasteiger charge is 2.22. The lowest BCUT2D eigenvalue weighted by molar-refractivity contribution is 0.1000. The Kier molecular flexibility index (Phi) is 5.34. The quantitative estimate of drug-likeness (QED) is 0.709. The number of hydrogen-bond donors (Lipinski definition) is 1. The Hall–Kier alpha value is -3.19. The highest BCUT2D eigenvalue weighted by molar-refractivity contribution is 5.97. The van der Waals surface area contributed by atoms with Gasteiger partial charge in [0.1, 0.15) is 5.82 Å². The van der Waals surface area contributed by atoms with Crippen molar-refractivity contribution in [2.24, 2.45) is 5.73 Å². The SMILES string of the molecule is NC(=O)c1cccnc1N1CCN(Cc2ccccc2Cn2cccn2)CC1. The number of pyridine rings is 1. The van der Waals surface area contributed by atoms with Gasteiger partial charge in [0.25, 0.3) is 5.91 Å². The number of nitrogens with two attached hydrogens (primary N) is 1. The first-order valence-electron chi connectivity index (χ1n) is 9.47. The van der Waals surface area contributed by atoms with Crippen LogP contribution in [0.5, 0.6) is 0 Å². The maximum absolute atomic E-state index is 11.7. The predicted octanol–water partition coefficient (Wildman–Crippen LogP) is 1.75. The standard InChI is InChI=1S/C21H24N6O/c22-20(28)19-7-3-8-23-21(19)26-13-11-25(12-14-26)15-17-5-1-2-6-18(17)16-27-10-4-9-24-27/h1-10H,11-16H2,(H2,22,28). The van der Waals surface area contributed by atoms with E-state index in [4.69, 9.17) is 5.73 Å². The molecule has 1 saturated heterocycles. The minimum Gasteiger partial charge on any atom is -0.365 e. The van der Waals surface area contributed by atoms with E-state index in [2.05, 4.69) is 44.1 Å². The van der Waals surface area contributed by atoms with Crippen molar-refractivity contribution in [1.29, 1.82) is 0 Å². The van der Waals surface area contributed by atoms with Crippen LogP contribution in [0, 0.1) is 0 Å². The molecule has 0 aliphatic carbocycles. The predicted molar refractivity (Wildman–Crippen MR) is 108 cm³/mol. The summed E-state index contributed by atoms with van der Waals surface area (Å²) in [5, 5.41) is 4.32. The third-order valence-corrected chi connectivity index (χ3v) is 5.13. The molecule has 0 saturated carbocycles. The van der Waals surface area contributed by atoms with Crippen LogP contribution in [0.2, 0.25) is 0 Å². The van der Waals surface area contributed by atoms with Gasteiger partial charge in [-0.1, -0.05) is 24.3 Å². The molecule has 7 heteroatoms. The fraction of sp³-hybridized carbons (Fsp3) is 0.286. The van der Waals surface area contributed by atoms with Crippen molar-refractivity contribution in [1.82, 2.24) is 19.7 Å². The van der Waals surface area contributed by atoms with Crippen LogP contribution in [0.1, 0.15) is 21.5 Å². The van der Waals surface area contributed by atoms with Crippen LogP contribution in [0.15, 0.2) is 61.1 Å². The summed E-state index contributed by atoms with van der Waals surface area (Å²) in [4.78, 5) is 20.6. The first kappa shape index (κ1) is 18.2. The van der Waals surface area contributed by atoms with Crippen LogP contribution in [-0.4, -0.2) is 51.8 Å². The molecule has 0 atom stereocenters. The molecule has 1 aromatic carbocycles. The number of carbonyl (C=O) groups excluding carboxylic acids is 1. The van der Waals surface area contributed by atoms with Gasteiger partial charge in [-0.15, -0.1) is 0 Å². The maximum Gasteiger partial charge on any atom is 0.252 e. The minimum atomic E-state index is -0.432. The van der Waals surface area contributed by atoms with E-state index in [1.807, 2.05) is 16.9 Å². The number of piperazine rings is 1. The third-order valence-electron chi connectivity index (χ3n) is 5.13. The Bertz CT molecular complexity index is 932. The van der Waals surface area contributed by atoms with E-state index in [1.54, 1.807) is 24.5 Å². The molecule has 3 aromatic rings. The second kappa shape index (κ2) is 8.22. The average Bonchev–Trinajstić information content (AvgIpc) is 3.23. The minimum absolute atomic E-state index is 0.432. The number of rotatable bonds is 6. The zero-order chi connectivity index (χ0) is 19.3. The topological polar surface area (TPSA) is 80.3 Å². The van der Waals surface area contributed by atoms with Gasteiger partial charge in [0.2, 0.25) is 0 Å². The molecular formula is C21H24N6O. The molecule has 2 N–H and O–H groups in total. The van der Waals surface area contributed by atoms with E-state index in [0.717, 1.165) is 39.3 Å². The van der Waals surface area contributed by atoms with Gasteiger partial charge in [-0.05, 0) is 29.3 Å². The Morgan fingerprint density at radius 2 is 1.68 bits per heavy atom.